The summed E-state index contributed by atoms with van der Waals surface area (Å²) in [7, 11) is 1.39. The van der Waals surface area contributed by atoms with Crippen LogP contribution in [-0.4, -0.2) is 47.5 Å². The van der Waals surface area contributed by atoms with Crippen molar-refractivity contribution in [2.24, 2.45) is 5.92 Å². The average Bonchev–Trinajstić information content (AvgIpc) is 2.45. The molecule has 1 atom stereocenters. The van der Waals surface area contributed by atoms with Crippen molar-refractivity contribution >= 4 is 41.1 Å². The molecule has 0 saturated heterocycles. The molecule has 0 aliphatic rings. The number of anilines is 1. The topological polar surface area (TPSA) is 69.6 Å². The molecule has 0 aliphatic heterocycles. The number of nitrogens with one attached hydrogen (secondary N) is 1. The first kappa shape index (κ1) is 20.4. The number of alkyl halides is 3. The first-order chi connectivity index (χ1) is 11.0. The van der Waals surface area contributed by atoms with Crippen LogP contribution in [0, 0.1) is 5.92 Å². The van der Waals surface area contributed by atoms with E-state index in [9.17, 15) is 22.8 Å². The number of hydrogen-bond donors (Lipinski definition) is 2. The Morgan fingerprint density at radius 3 is 2.58 bits per heavy atom. The lowest BCUT2D eigenvalue weighted by Gasteiger charge is -2.21. The minimum atomic E-state index is -4.35. The minimum Gasteiger partial charge on any atom is -0.481 e. The highest BCUT2D eigenvalue weighted by Gasteiger charge is 2.28. The Morgan fingerprint density at radius 1 is 1.42 bits per heavy atom. The first-order valence-electron chi connectivity index (χ1n) is 6.73. The summed E-state index contributed by atoms with van der Waals surface area (Å²) < 4.78 is 37.1. The van der Waals surface area contributed by atoms with E-state index in [0.717, 1.165) is 4.90 Å². The summed E-state index contributed by atoms with van der Waals surface area (Å²) in [5.41, 5.74) is 0.136. The van der Waals surface area contributed by atoms with E-state index in [1.165, 1.54) is 32.2 Å². The van der Waals surface area contributed by atoms with Crippen molar-refractivity contribution < 1.29 is 27.9 Å². The number of urea groups is 1. The summed E-state index contributed by atoms with van der Waals surface area (Å²) in [6.45, 7) is 1.39. The van der Waals surface area contributed by atoms with Crippen LogP contribution in [0.25, 0.3) is 0 Å². The summed E-state index contributed by atoms with van der Waals surface area (Å²) in [5.74, 6) is -2.94. The molecule has 5 nitrogen and oxygen atoms in total. The number of carbonyl (C=O) groups is 2. The second-order valence-corrected chi connectivity index (χ2v) is 6.55. The molecule has 0 radical (unpaired) electrons. The SMILES string of the molecule is CC(CN(C)C(=O)Nc1cc(Cl)ccc1SCC(F)(F)F)C(=O)O. The lowest BCUT2D eigenvalue weighted by atomic mass is 10.2. The van der Waals surface area contributed by atoms with Crippen molar-refractivity contribution in [2.45, 2.75) is 18.0 Å². The van der Waals surface area contributed by atoms with Crippen molar-refractivity contribution in [1.82, 2.24) is 4.90 Å². The third-order valence-corrected chi connectivity index (χ3v) is 4.26. The first-order valence-corrected chi connectivity index (χ1v) is 8.10. The van der Waals surface area contributed by atoms with E-state index in [0.29, 0.717) is 11.8 Å². The molecule has 0 bridgehead atoms. The second kappa shape index (κ2) is 8.48. The van der Waals surface area contributed by atoms with Gasteiger partial charge in [0.25, 0.3) is 0 Å². The number of halogens is 4. The van der Waals surface area contributed by atoms with E-state index < -0.39 is 29.8 Å². The molecule has 0 aromatic heterocycles. The van der Waals surface area contributed by atoms with E-state index in [1.54, 1.807) is 0 Å². The van der Waals surface area contributed by atoms with Crippen molar-refractivity contribution in [3.63, 3.8) is 0 Å². The standard InChI is InChI=1S/C14H16ClF3N2O3S/c1-8(12(21)22)6-20(2)13(23)19-10-5-9(15)3-4-11(10)24-7-14(16,17)18/h3-5,8H,6-7H2,1-2H3,(H,19,23)(H,21,22). The zero-order valence-electron chi connectivity index (χ0n) is 12.9. The molecule has 10 heteroatoms. The third-order valence-electron chi connectivity index (χ3n) is 2.89. The Hall–Kier alpha value is -1.61. The monoisotopic (exact) mass is 384 g/mol. The van der Waals surface area contributed by atoms with Gasteiger partial charge in [-0.3, -0.25) is 4.79 Å². The summed E-state index contributed by atoms with van der Waals surface area (Å²) in [6.07, 6.45) is -4.35. The maximum absolute atomic E-state index is 12.4. The number of carboxylic acids is 1. The number of rotatable bonds is 6. The fourth-order valence-corrected chi connectivity index (χ4v) is 2.59. The summed E-state index contributed by atoms with van der Waals surface area (Å²) in [6, 6.07) is 3.51. The predicted molar refractivity (Wildman–Crippen MR) is 86.7 cm³/mol. The van der Waals surface area contributed by atoms with Crippen LogP contribution in [0.15, 0.2) is 23.1 Å². The van der Waals surface area contributed by atoms with Gasteiger partial charge in [-0.25, -0.2) is 4.79 Å². The Bertz CT molecular complexity index is 613. The Morgan fingerprint density at radius 2 is 2.04 bits per heavy atom. The minimum absolute atomic E-state index is 0.0488. The van der Waals surface area contributed by atoms with Crippen LogP contribution in [0.5, 0.6) is 0 Å². The molecule has 0 aliphatic carbocycles. The van der Waals surface area contributed by atoms with Crippen LogP contribution in [0.3, 0.4) is 0 Å². The molecule has 0 heterocycles. The zero-order chi connectivity index (χ0) is 18.5. The second-order valence-electron chi connectivity index (χ2n) is 5.09. The van der Waals surface area contributed by atoms with Gasteiger partial charge in [0.2, 0.25) is 0 Å². The summed E-state index contributed by atoms with van der Waals surface area (Å²) in [5, 5.41) is 11.5. The highest BCUT2D eigenvalue weighted by atomic mass is 35.5. The largest absolute Gasteiger partial charge is 0.481 e. The van der Waals surface area contributed by atoms with Gasteiger partial charge >= 0.3 is 18.2 Å². The van der Waals surface area contributed by atoms with Gasteiger partial charge in [0.15, 0.2) is 0 Å². The molecule has 0 saturated carbocycles. The molecule has 1 aromatic rings. The number of aliphatic carboxylic acids is 1. The maximum atomic E-state index is 12.4. The van der Waals surface area contributed by atoms with Crippen LogP contribution in [-0.2, 0) is 4.79 Å². The Balaban J connectivity index is 2.83. The predicted octanol–water partition coefficient (Wildman–Crippen LogP) is 4.18. The molecule has 0 fully saturated rings. The number of nitrogens with zero attached hydrogens (tertiary/aromatic N) is 1. The molecule has 1 unspecified atom stereocenters. The number of thioether (sulfide) groups is 1. The van der Waals surface area contributed by atoms with Gasteiger partial charge in [0.05, 0.1) is 17.4 Å². The number of amides is 2. The van der Waals surface area contributed by atoms with E-state index >= 15 is 0 Å². The van der Waals surface area contributed by atoms with Gasteiger partial charge in [0, 0.05) is 23.5 Å². The van der Waals surface area contributed by atoms with Crippen LogP contribution >= 0.6 is 23.4 Å². The quantitative estimate of drug-likeness (QED) is 0.722. The van der Waals surface area contributed by atoms with E-state index in [2.05, 4.69) is 5.32 Å². The normalized spacial score (nSPS) is 12.6. The van der Waals surface area contributed by atoms with Crippen LogP contribution in [0.1, 0.15) is 6.92 Å². The molecule has 1 rings (SSSR count). The lowest BCUT2D eigenvalue weighted by Crippen LogP contribution is -2.36. The molecule has 0 spiro atoms. The third kappa shape index (κ3) is 6.88. The highest BCUT2D eigenvalue weighted by molar-refractivity contribution is 7.99. The fourth-order valence-electron chi connectivity index (χ4n) is 1.67. The Kier molecular flexibility index (Phi) is 7.22. The zero-order valence-corrected chi connectivity index (χ0v) is 14.4. The molecule has 134 valence electrons. The maximum Gasteiger partial charge on any atom is 0.398 e. The van der Waals surface area contributed by atoms with Crippen molar-refractivity contribution in [3.05, 3.63) is 23.2 Å². The number of hydrogen-bond acceptors (Lipinski definition) is 3. The molecule has 24 heavy (non-hydrogen) atoms. The van der Waals surface area contributed by atoms with Crippen LogP contribution in [0.4, 0.5) is 23.7 Å². The van der Waals surface area contributed by atoms with Gasteiger partial charge in [-0.05, 0) is 18.2 Å². The molecule has 2 amide bonds. The summed E-state index contributed by atoms with van der Waals surface area (Å²) >= 11 is 6.35. The van der Waals surface area contributed by atoms with Crippen molar-refractivity contribution in [1.29, 1.82) is 0 Å². The van der Waals surface area contributed by atoms with Crippen LogP contribution < -0.4 is 5.32 Å². The highest BCUT2D eigenvalue weighted by Crippen LogP contribution is 2.34. The van der Waals surface area contributed by atoms with Crippen LogP contribution in [0.2, 0.25) is 5.02 Å². The van der Waals surface area contributed by atoms with Gasteiger partial charge in [-0.15, -0.1) is 11.8 Å². The van der Waals surface area contributed by atoms with Gasteiger partial charge in [-0.1, -0.05) is 18.5 Å². The van der Waals surface area contributed by atoms with Gasteiger partial charge < -0.3 is 15.3 Å². The number of carbonyl (C=O) groups excluding carboxylic acids is 1. The van der Waals surface area contributed by atoms with Gasteiger partial charge in [0.1, 0.15) is 0 Å². The summed E-state index contributed by atoms with van der Waals surface area (Å²) in [4.78, 5) is 24.2. The smallest absolute Gasteiger partial charge is 0.398 e. The Labute approximate surface area is 146 Å². The van der Waals surface area contributed by atoms with Crippen molar-refractivity contribution in [3.8, 4) is 0 Å². The van der Waals surface area contributed by atoms with Crippen molar-refractivity contribution in [2.75, 3.05) is 24.7 Å². The van der Waals surface area contributed by atoms with E-state index in [-0.39, 0.29) is 22.2 Å². The van der Waals surface area contributed by atoms with E-state index in [1.807, 2.05) is 0 Å². The molecule has 2 N–H and O–H groups in total. The molecule has 1 aromatic carbocycles. The van der Waals surface area contributed by atoms with E-state index in [4.69, 9.17) is 16.7 Å². The van der Waals surface area contributed by atoms with Gasteiger partial charge in [-0.2, -0.15) is 13.2 Å². The average molecular weight is 385 g/mol. The molecular formula is C14H16ClF3N2O3S. The number of benzene rings is 1. The lowest BCUT2D eigenvalue weighted by molar-refractivity contribution is -0.141. The molecular weight excluding hydrogens is 369 g/mol. The fraction of sp³-hybridized carbons (Fsp3) is 0.429. The number of carboxylic acid groups (broad SMARTS) is 1.